The van der Waals surface area contributed by atoms with Crippen LogP contribution in [0.2, 0.25) is 0 Å². The van der Waals surface area contributed by atoms with Crippen molar-refractivity contribution in [3.63, 3.8) is 0 Å². The average molecular weight is 365 g/mol. The van der Waals surface area contributed by atoms with Crippen LogP contribution in [-0.4, -0.2) is 27.3 Å². The number of rotatable bonds is 9. The summed E-state index contributed by atoms with van der Waals surface area (Å²) in [5.41, 5.74) is 3.28. The molecule has 0 amide bonds. The number of aromatic nitrogens is 4. The highest BCUT2D eigenvalue weighted by Gasteiger charge is 2.13. The van der Waals surface area contributed by atoms with Crippen LogP contribution in [0.15, 0.2) is 55.1 Å². The van der Waals surface area contributed by atoms with Crippen LogP contribution in [0.25, 0.3) is 0 Å². The van der Waals surface area contributed by atoms with Crippen LogP contribution in [0.5, 0.6) is 11.5 Å². The Kier molecular flexibility index (Phi) is 6.04. The van der Waals surface area contributed by atoms with E-state index < -0.39 is 0 Å². The van der Waals surface area contributed by atoms with Gasteiger partial charge in [-0.25, -0.2) is 4.68 Å². The van der Waals surface area contributed by atoms with Crippen LogP contribution in [0, 0.1) is 6.92 Å². The third-order valence-corrected chi connectivity index (χ3v) is 4.18. The number of nitrogens with zero attached hydrogens (tertiary/aromatic N) is 4. The van der Waals surface area contributed by atoms with E-state index in [2.05, 4.69) is 46.5 Å². The van der Waals surface area contributed by atoms with Gasteiger partial charge in [0.2, 0.25) is 5.95 Å². The summed E-state index contributed by atoms with van der Waals surface area (Å²) in [5.74, 6) is 1.97. The molecule has 0 aliphatic rings. The quantitative estimate of drug-likeness (QED) is 0.586. The molecule has 27 heavy (non-hydrogen) atoms. The Bertz CT molecular complexity index is 907. The number of hydrogen-bond donors (Lipinski definition) is 1. The number of para-hydroxylation sites is 1. The van der Waals surface area contributed by atoms with Gasteiger partial charge >= 0.3 is 0 Å². The zero-order chi connectivity index (χ0) is 19.1. The molecule has 3 aromatic rings. The standard InChI is InChI=1S/C20H23N5O2/c1-4-12-25-20(22-23-24-25)21-13-16-10-7-11-18(26-3)19(16)27-14-17-9-6-5-8-15(17)2/h4-11H,1,12-14H2,2-3H3,(H,21,22,24). The van der Waals surface area contributed by atoms with E-state index >= 15 is 0 Å². The summed E-state index contributed by atoms with van der Waals surface area (Å²) in [6.45, 7) is 7.28. The topological polar surface area (TPSA) is 74.1 Å². The van der Waals surface area contributed by atoms with Crippen molar-refractivity contribution >= 4 is 5.95 Å². The first kappa shape index (κ1) is 18.4. The predicted octanol–water partition coefficient (Wildman–Crippen LogP) is 3.37. The third kappa shape index (κ3) is 4.44. The van der Waals surface area contributed by atoms with E-state index in [9.17, 15) is 0 Å². The van der Waals surface area contributed by atoms with Gasteiger partial charge in [0.25, 0.3) is 0 Å². The van der Waals surface area contributed by atoms with Crippen molar-refractivity contribution in [1.29, 1.82) is 0 Å². The number of aryl methyl sites for hydroxylation is 1. The molecule has 140 valence electrons. The van der Waals surface area contributed by atoms with E-state index in [-0.39, 0.29) is 0 Å². The molecule has 1 aromatic heterocycles. The molecule has 0 aliphatic heterocycles. The van der Waals surface area contributed by atoms with E-state index in [0.717, 1.165) is 11.1 Å². The van der Waals surface area contributed by atoms with Crippen molar-refractivity contribution in [3.8, 4) is 11.5 Å². The summed E-state index contributed by atoms with van der Waals surface area (Å²) in [6.07, 6.45) is 1.74. The third-order valence-electron chi connectivity index (χ3n) is 4.18. The molecule has 0 atom stereocenters. The second-order valence-electron chi connectivity index (χ2n) is 5.99. The van der Waals surface area contributed by atoms with Gasteiger partial charge in [-0.3, -0.25) is 0 Å². The van der Waals surface area contributed by atoms with Crippen LogP contribution in [0.1, 0.15) is 16.7 Å². The van der Waals surface area contributed by atoms with Crippen LogP contribution < -0.4 is 14.8 Å². The molecule has 1 N–H and O–H groups in total. The van der Waals surface area contributed by atoms with Gasteiger partial charge in [-0.05, 0) is 34.5 Å². The highest BCUT2D eigenvalue weighted by atomic mass is 16.5. The van der Waals surface area contributed by atoms with Gasteiger partial charge in [-0.15, -0.1) is 6.58 Å². The number of allylic oxidation sites excluding steroid dienone is 1. The lowest BCUT2D eigenvalue weighted by Gasteiger charge is -2.16. The highest BCUT2D eigenvalue weighted by molar-refractivity contribution is 5.48. The fourth-order valence-electron chi connectivity index (χ4n) is 2.70. The van der Waals surface area contributed by atoms with Crippen molar-refractivity contribution in [3.05, 3.63) is 71.8 Å². The summed E-state index contributed by atoms with van der Waals surface area (Å²) < 4.78 is 13.3. The number of ether oxygens (including phenoxy) is 2. The van der Waals surface area contributed by atoms with Gasteiger partial charge in [0.05, 0.1) is 13.7 Å². The van der Waals surface area contributed by atoms with Gasteiger partial charge < -0.3 is 14.8 Å². The molecule has 0 bridgehead atoms. The molecule has 1 heterocycles. The maximum atomic E-state index is 6.13. The molecule has 0 unspecified atom stereocenters. The van der Waals surface area contributed by atoms with Crippen molar-refractivity contribution in [2.45, 2.75) is 26.6 Å². The van der Waals surface area contributed by atoms with Gasteiger partial charge in [-0.1, -0.05) is 47.6 Å². The fourth-order valence-corrected chi connectivity index (χ4v) is 2.70. The Balaban J connectivity index is 1.77. The average Bonchev–Trinajstić information content (AvgIpc) is 3.13. The van der Waals surface area contributed by atoms with E-state index in [1.54, 1.807) is 17.9 Å². The number of benzene rings is 2. The molecule has 0 radical (unpaired) electrons. The highest BCUT2D eigenvalue weighted by Crippen LogP contribution is 2.32. The minimum Gasteiger partial charge on any atom is -0.493 e. The van der Waals surface area contributed by atoms with Crippen molar-refractivity contribution < 1.29 is 9.47 Å². The molecule has 0 spiro atoms. The lowest BCUT2D eigenvalue weighted by molar-refractivity contribution is 0.281. The van der Waals surface area contributed by atoms with Crippen LogP contribution in [-0.2, 0) is 19.7 Å². The molecule has 7 nitrogen and oxygen atoms in total. The monoisotopic (exact) mass is 365 g/mol. The molecule has 0 saturated heterocycles. The number of methoxy groups -OCH3 is 1. The number of nitrogens with one attached hydrogen (secondary N) is 1. The molecule has 0 fully saturated rings. The minimum absolute atomic E-state index is 0.467. The van der Waals surface area contributed by atoms with E-state index in [4.69, 9.17) is 9.47 Å². The maximum absolute atomic E-state index is 6.13. The molecular weight excluding hydrogens is 342 g/mol. The van der Waals surface area contributed by atoms with Crippen LogP contribution in [0.3, 0.4) is 0 Å². The normalized spacial score (nSPS) is 10.4. The predicted molar refractivity (Wildman–Crippen MR) is 104 cm³/mol. The molecule has 7 heteroatoms. The minimum atomic E-state index is 0.467. The Labute approximate surface area is 158 Å². The zero-order valence-electron chi connectivity index (χ0n) is 15.6. The maximum Gasteiger partial charge on any atom is 0.243 e. The Morgan fingerprint density at radius 3 is 2.74 bits per heavy atom. The molecule has 0 saturated carbocycles. The number of anilines is 1. The molecule has 0 aliphatic carbocycles. The van der Waals surface area contributed by atoms with E-state index in [0.29, 0.717) is 37.1 Å². The Hall–Kier alpha value is -3.35. The first-order valence-electron chi connectivity index (χ1n) is 8.67. The lowest BCUT2D eigenvalue weighted by Crippen LogP contribution is -2.10. The van der Waals surface area contributed by atoms with Gasteiger partial charge in [0, 0.05) is 12.1 Å². The second kappa shape index (κ2) is 8.84. The van der Waals surface area contributed by atoms with Gasteiger partial charge in [0.1, 0.15) is 6.61 Å². The molecule has 3 rings (SSSR count). The van der Waals surface area contributed by atoms with Gasteiger partial charge in [0.15, 0.2) is 11.5 Å². The number of tetrazole rings is 1. The number of hydrogen-bond acceptors (Lipinski definition) is 6. The largest absolute Gasteiger partial charge is 0.493 e. The Morgan fingerprint density at radius 2 is 1.96 bits per heavy atom. The van der Waals surface area contributed by atoms with E-state index in [1.807, 2.05) is 30.3 Å². The first-order chi connectivity index (χ1) is 13.2. The smallest absolute Gasteiger partial charge is 0.243 e. The van der Waals surface area contributed by atoms with Gasteiger partial charge in [-0.2, -0.15) is 0 Å². The lowest BCUT2D eigenvalue weighted by atomic mass is 10.1. The SMILES string of the molecule is C=CCn1nnnc1NCc1cccc(OC)c1OCc1ccccc1C. The summed E-state index contributed by atoms with van der Waals surface area (Å²) in [6, 6.07) is 14.0. The second-order valence-corrected chi connectivity index (χ2v) is 5.99. The molecule has 2 aromatic carbocycles. The van der Waals surface area contributed by atoms with Crippen LogP contribution in [0.4, 0.5) is 5.95 Å². The zero-order valence-corrected chi connectivity index (χ0v) is 15.6. The summed E-state index contributed by atoms with van der Waals surface area (Å²) >= 11 is 0. The van der Waals surface area contributed by atoms with E-state index in [1.165, 1.54) is 5.56 Å². The van der Waals surface area contributed by atoms with Crippen molar-refractivity contribution in [1.82, 2.24) is 20.2 Å². The summed E-state index contributed by atoms with van der Waals surface area (Å²) in [5, 5.41) is 14.9. The van der Waals surface area contributed by atoms with Crippen molar-refractivity contribution in [2.75, 3.05) is 12.4 Å². The van der Waals surface area contributed by atoms with Crippen LogP contribution >= 0.6 is 0 Å². The van der Waals surface area contributed by atoms with Crippen molar-refractivity contribution in [2.24, 2.45) is 0 Å². The fraction of sp³-hybridized carbons (Fsp3) is 0.250. The first-order valence-corrected chi connectivity index (χ1v) is 8.67. The molecular formula is C20H23N5O2. The Morgan fingerprint density at radius 1 is 1.15 bits per heavy atom. The summed E-state index contributed by atoms with van der Waals surface area (Å²) in [7, 11) is 1.64. The summed E-state index contributed by atoms with van der Waals surface area (Å²) in [4.78, 5) is 0.